The largest absolute Gasteiger partial charge is 0.497 e. The second-order valence-corrected chi connectivity index (χ2v) is 7.87. The minimum absolute atomic E-state index is 0.281. The van der Waals surface area contributed by atoms with Gasteiger partial charge in [-0.05, 0) is 37.0 Å². The van der Waals surface area contributed by atoms with Crippen LogP contribution in [-0.2, 0) is 4.74 Å². The molecule has 8 nitrogen and oxygen atoms in total. The van der Waals surface area contributed by atoms with Crippen LogP contribution in [0.15, 0.2) is 23.2 Å². The third kappa shape index (κ3) is 6.23. The van der Waals surface area contributed by atoms with Crippen LogP contribution in [0.2, 0.25) is 0 Å². The fraction of sp³-hybridized carbons (Fsp3) is 0.682. The molecule has 0 bridgehead atoms. The van der Waals surface area contributed by atoms with E-state index in [1.165, 1.54) is 0 Å². The van der Waals surface area contributed by atoms with Crippen molar-refractivity contribution < 1.29 is 19.3 Å². The monoisotopic (exact) mass is 420 g/mol. The predicted octanol–water partition coefficient (Wildman–Crippen LogP) is 1.36. The lowest BCUT2D eigenvalue weighted by Gasteiger charge is -2.29. The number of rotatable bonds is 8. The van der Waals surface area contributed by atoms with Crippen LogP contribution < -0.4 is 14.8 Å². The molecule has 2 saturated heterocycles. The van der Waals surface area contributed by atoms with Crippen molar-refractivity contribution in [2.75, 3.05) is 73.2 Å². The van der Waals surface area contributed by atoms with E-state index in [4.69, 9.17) is 19.2 Å². The number of aliphatic hydroxyl groups is 1. The van der Waals surface area contributed by atoms with Crippen molar-refractivity contribution in [2.24, 2.45) is 10.9 Å². The summed E-state index contributed by atoms with van der Waals surface area (Å²) in [5.41, 5.74) is 0.734. The minimum atomic E-state index is -0.727. The van der Waals surface area contributed by atoms with Crippen molar-refractivity contribution in [3.63, 3.8) is 0 Å². The molecule has 2 N–H and O–H groups in total. The maximum atomic E-state index is 10.7. The van der Waals surface area contributed by atoms with E-state index in [1.807, 2.05) is 12.1 Å². The molecular formula is C22H36N4O4. The van der Waals surface area contributed by atoms with Crippen LogP contribution in [-0.4, -0.2) is 94.1 Å². The molecule has 3 rings (SSSR count). The second-order valence-electron chi connectivity index (χ2n) is 7.87. The van der Waals surface area contributed by atoms with E-state index in [2.05, 4.69) is 22.0 Å². The zero-order valence-corrected chi connectivity index (χ0v) is 18.5. The van der Waals surface area contributed by atoms with Gasteiger partial charge in [0.1, 0.15) is 11.5 Å². The van der Waals surface area contributed by atoms with Gasteiger partial charge in [0.15, 0.2) is 5.96 Å². The molecule has 168 valence electrons. The van der Waals surface area contributed by atoms with Crippen LogP contribution in [0, 0.1) is 5.92 Å². The number of aliphatic imine (C=N–C) groups is 1. The van der Waals surface area contributed by atoms with Crippen molar-refractivity contribution in [1.29, 1.82) is 0 Å². The van der Waals surface area contributed by atoms with E-state index < -0.39 is 6.10 Å². The number of guanidine groups is 1. The average Bonchev–Trinajstić information content (AvgIpc) is 3.24. The molecule has 0 amide bonds. The Morgan fingerprint density at radius 3 is 2.53 bits per heavy atom. The fourth-order valence-electron chi connectivity index (χ4n) is 4.05. The number of nitrogens with one attached hydrogen (secondary N) is 1. The van der Waals surface area contributed by atoms with Gasteiger partial charge in [-0.3, -0.25) is 9.89 Å². The summed E-state index contributed by atoms with van der Waals surface area (Å²) in [7, 11) is 3.21. The molecule has 2 fully saturated rings. The maximum absolute atomic E-state index is 10.7. The quantitative estimate of drug-likeness (QED) is 0.486. The van der Waals surface area contributed by atoms with Crippen molar-refractivity contribution in [3.8, 4) is 11.5 Å². The Hall–Kier alpha value is -2.03. The molecule has 30 heavy (non-hydrogen) atoms. The van der Waals surface area contributed by atoms with Crippen LogP contribution in [0.5, 0.6) is 11.5 Å². The lowest BCUT2D eigenvalue weighted by molar-refractivity contribution is 0.0315. The first-order valence-electron chi connectivity index (χ1n) is 10.9. The zero-order valence-electron chi connectivity index (χ0n) is 18.5. The fourth-order valence-corrected chi connectivity index (χ4v) is 4.05. The molecule has 2 aliphatic rings. The first kappa shape index (κ1) is 22.7. The lowest BCUT2D eigenvalue weighted by Crippen LogP contribution is -2.42. The number of methoxy groups -OCH3 is 2. The van der Waals surface area contributed by atoms with Gasteiger partial charge in [-0.1, -0.05) is 0 Å². The Balaban J connectivity index is 1.60. The van der Waals surface area contributed by atoms with Gasteiger partial charge in [-0.25, -0.2) is 0 Å². The molecule has 1 aromatic rings. The van der Waals surface area contributed by atoms with E-state index in [-0.39, 0.29) is 6.54 Å². The van der Waals surface area contributed by atoms with E-state index in [0.29, 0.717) is 17.4 Å². The van der Waals surface area contributed by atoms with Gasteiger partial charge in [0.05, 0.1) is 40.1 Å². The summed E-state index contributed by atoms with van der Waals surface area (Å²) in [6.45, 7) is 9.99. The number of benzene rings is 1. The highest BCUT2D eigenvalue weighted by Gasteiger charge is 2.27. The second kappa shape index (κ2) is 11.4. The highest BCUT2D eigenvalue weighted by Crippen LogP contribution is 2.27. The van der Waals surface area contributed by atoms with E-state index >= 15 is 0 Å². The summed E-state index contributed by atoms with van der Waals surface area (Å²) in [4.78, 5) is 9.54. The van der Waals surface area contributed by atoms with Crippen molar-refractivity contribution in [3.05, 3.63) is 23.8 Å². The van der Waals surface area contributed by atoms with Gasteiger partial charge < -0.3 is 29.5 Å². The lowest BCUT2D eigenvalue weighted by atomic mass is 10.1. The van der Waals surface area contributed by atoms with Gasteiger partial charge in [0.25, 0.3) is 0 Å². The number of hydrogen-bond acceptors (Lipinski definition) is 6. The molecule has 8 heteroatoms. The minimum Gasteiger partial charge on any atom is -0.497 e. The molecule has 2 atom stereocenters. The van der Waals surface area contributed by atoms with Crippen LogP contribution in [0.25, 0.3) is 0 Å². The Labute approximate surface area is 179 Å². The van der Waals surface area contributed by atoms with Crippen molar-refractivity contribution >= 4 is 5.96 Å². The molecule has 0 spiro atoms. The SMILES string of the molecule is CCNC(=NCC(O)c1cc(OC)cc(OC)c1)N1CCC(CN2CCOCC2)C1. The van der Waals surface area contributed by atoms with Gasteiger partial charge in [0, 0.05) is 45.3 Å². The van der Waals surface area contributed by atoms with Crippen LogP contribution in [0.1, 0.15) is 25.0 Å². The average molecular weight is 421 g/mol. The molecule has 0 aliphatic carbocycles. The molecular weight excluding hydrogens is 384 g/mol. The number of aliphatic hydroxyl groups excluding tert-OH is 1. The van der Waals surface area contributed by atoms with E-state index in [9.17, 15) is 5.11 Å². The van der Waals surface area contributed by atoms with Gasteiger partial charge in [-0.2, -0.15) is 0 Å². The Morgan fingerprint density at radius 1 is 1.20 bits per heavy atom. The summed E-state index contributed by atoms with van der Waals surface area (Å²) in [6.07, 6.45) is 0.437. The van der Waals surface area contributed by atoms with Gasteiger partial charge in [-0.15, -0.1) is 0 Å². The standard InChI is InChI=1S/C22H36N4O4/c1-4-23-22(26-6-5-17(16-26)15-25-7-9-30-10-8-25)24-14-21(27)18-11-19(28-2)13-20(12-18)29-3/h11-13,17,21,27H,4-10,14-16H2,1-3H3,(H,23,24). The van der Waals surface area contributed by atoms with Gasteiger partial charge in [0.2, 0.25) is 0 Å². The van der Waals surface area contributed by atoms with E-state index in [1.54, 1.807) is 20.3 Å². The molecule has 2 heterocycles. The molecule has 2 aliphatic heterocycles. The smallest absolute Gasteiger partial charge is 0.194 e. The maximum Gasteiger partial charge on any atom is 0.194 e. The number of nitrogens with zero attached hydrogens (tertiary/aromatic N) is 3. The number of likely N-dealkylation sites (tertiary alicyclic amines) is 1. The number of ether oxygens (including phenoxy) is 3. The topological polar surface area (TPSA) is 78.8 Å². The third-order valence-electron chi connectivity index (χ3n) is 5.71. The summed E-state index contributed by atoms with van der Waals surface area (Å²) in [5.74, 6) is 2.82. The van der Waals surface area contributed by atoms with E-state index in [0.717, 1.165) is 70.4 Å². The first-order chi connectivity index (χ1) is 14.6. The van der Waals surface area contributed by atoms with Crippen LogP contribution in [0.3, 0.4) is 0 Å². The third-order valence-corrected chi connectivity index (χ3v) is 5.71. The summed E-state index contributed by atoms with van der Waals surface area (Å²) >= 11 is 0. The molecule has 0 aromatic heterocycles. The Bertz CT molecular complexity index is 671. The molecule has 2 unspecified atom stereocenters. The Morgan fingerprint density at radius 2 is 1.90 bits per heavy atom. The summed E-state index contributed by atoms with van der Waals surface area (Å²) in [5, 5.41) is 14.1. The summed E-state index contributed by atoms with van der Waals surface area (Å²) < 4.78 is 16.1. The van der Waals surface area contributed by atoms with Crippen LogP contribution >= 0.6 is 0 Å². The van der Waals surface area contributed by atoms with Gasteiger partial charge >= 0.3 is 0 Å². The highest BCUT2D eigenvalue weighted by molar-refractivity contribution is 5.80. The predicted molar refractivity (Wildman–Crippen MR) is 117 cm³/mol. The Kier molecular flexibility index (Phi) is 8.60. The number of morpholine rings is 1. The van der Waals surface area contributed by atoms with Crippen molar-refractivity contribution in [1.82, 2.24) is 15.1 Å². The molecule has 0 radical (unpaired) electrons. The van der Waals surface area contributed by atoms with Crippen LogP contribution in [0.4, 0.5) is 0 Å². The van der Waals surface area contributed by atoms with Crippen molar-refractivity contribution in [2.45, 2.75) is 19.4 Å². The summed E-state index contributed by atoms with van der Waals surface area (Å²) in [6, 6.07) is 5.44. The first-order valence-corrected chi connectivity index (χ1v) is 10.9. The number of hydrogen-bond donors (Lipinski definition) is 2. The molecule has 1 aromatic carbocycles. The normalized spacial score (nSPS) is 21.5. The molecule has 0 saturated carbocycles. The highest BCUT2D eigenvalue weighted by atomic mass is 16.5. The zero-order chi connectivity index (χ0) is 21.3.